The molecule has 1 atom stereocenters. The number of nitrogens with one attached hydrogen (secondary N) is 1. The van der Waals surface area contributed by atoms with Crippen molar-refractivity contribution in [2.75, 3.05) is 0 Å². The molecule has 1 aromatic heterocycles. The number of esters is 1. The molecule has 0 radical (unpaired) electrons. The van der Waals surface area contributed by atoms with Crippen LogP contribution in [0.3, 0.4) is 0 Å². The third kappa shape index (κ3) is 6.18. The van der Waals surface area contributed by atoms with Gasteiger partial charge in [-0.1, -0.05) is 80.2 Å². The molecule has 0 bridgehead atoms. The van der Waals surface area contributed by atoms with Crippen molar-refractivity contribution < 1.29 is 14.3 Å². The smallest absolute Gasteiger partial charge is 0.338 e. The van der Waals surface area contributed by atoms with E-state index in [0.717, 1.165) is 27.6 Å². The summed E-state index contributed by atoms with van der Waals surface area (Å²) in [6.07, 6.45) is 3.57. The van der Waals surface area contributed by atoms with Crippen LogP contribution in [0, 0.1) is 0 Å². The Kier molecular flexibility index (Phi) is 8.45. The van der Waals surface area contributed by atoms with Gasteiger partial charge in [-0.05, 0) is 52.6 Å². The van der Waals surface area contributed by atoms with Gasteiger partial charge in [-0.3, -0.25) is 9.78 Å². The molecular weight excluding hydrogens is 520 g/mol. The van der Waals surface area contributed by atoms with Crippen LogP contribution >= 0.6 is 11.8 Å². The number of hydrogen-bond acceptors (Lipinski definition) is 7. The van der Waals surface area contributed by atoms with Crippen molar-refractivity contribution in [1.29, 1.82) is 0 Å². The number of rotatable bonds is 9. The minimum absolute atomic E-state index is 0.113. The summed E-state index contributed by atoms with van der Waals surface area (Å²) in [5.74, 6) is -0.147. The zero-order chi connectivity index (χ0) is 28.1. The number of nitrogens with zero attached hydrogens (tertiary/aromatic N) is 3. The average molecular weight is 553 g/mol. The maximum atomic E-state index is 13.6. The first-order valence-electron chi connectivity index (χ1n) is 13.3. The topological polar surface area (TPSA) is 83.9 Å². The lowest BCUT2D eigenvalue weighted by Gasteiger charge is -2.36. The Hall–Kier alpha value is -4.17. The highest BCUT2D eigenvalue weighted by Gasteiger charge is 2.41. The number of carbonyl (C=O) groups excluding carboxylic acids is 2. The predicted octanol–water partition coefficient (Wildman–Crippen LogP) is 6.23. The molecule has 2 aromatic carbocycles. The molecule has 1 amide bonds. The molecular formula is C32H32N4O3S. The SMILES string of the molecule is CC1=C(C(=O)OCc2ccccc2)C(c2ccc(C(C)C)cc2)N2C(CC(=O)NCc3ccncc3)=CSC2=N1. The van der Waals surface area contributed by atoms with Crippen molar-refractivity contribution in [3.8, 4) is 0 Å². The lowest BCUT2D eigenvalue weighted by Crippen LogP contribution is -2.38. The first-order chi connectivity index (χ1) is 19.4. The molecule has 1 unspecified atom stereocenters. The number of benzene rings is 2. The van der Waals surface area contributed by atoms with E-state index >= 15 is 0 Å². The summed E-state index contributed by atoms with van der Waals surface area (Å²) >= 11 is 1.46. The fourth-order valence-corrected chi connectivity index (χ4v) is 5.70. The Labute approximate surface area is 239 Å². The second-order valence-electron chi connectivity index (χ2n) is 10.1. The summed E-state index contributed by atoms with van der Waals surface area (Å²) in [5, 5.41) is 5.68. The number of fused-ring (bicyclic) bond motifs is 1. The minimum Gasteiger partial charge on any atom is -0.457 e. The van der Waals surface area contributed by atoms with E-state index < -0.39 is 12.0 Å². The summed E-state index contributed by atoms with van der Waals surface area (Å²) in [6, 6.07) is 21.2. The molecule has 8 heteroatoms. The van der Waals surface area contributed by atoms with Crippen molar-refractivity contribution in [3.63, 3.8) is 0 Å². The van der Waals surface area contributed by atoms with Crippen LogP contribution in [0.1, 0.15) is 61.4 Å². The van der Waals surface area contributed by atoms with E-state index in [0.29, 0.717) is 23.7 Å². The number of allylic oxidation sites excluding steroid dienone is 1. The van der Waals surface area contributed by atoms with Crippen LogP contribution in [0.2, 0.25) is 0 Å². The number of pyridine rings is 1. The number of hydrogen-bond donors (Lipinski definition) is 1. The molecule has 0 saturated heterocycles. The molecule has 40 heavy (non-hydrogen) atoms. The summed E-state index contributed by atoms with van der Waals surface area (Å²) in [6.45, 7) is 6.73. The van der Waals surface area contributed by atoms with Crippen molar-refractivity contribution in [2.24, 2.45) is 4.99 Å². The maximum Gasteiger partial charge on any atom is 0.338 e. The van der Waals surface area contributed by atoms with Crippen molar-refractivity contribution in [2.45, 2.75) is 52.3 Å². The van der Waals surface area contributed by atoms with Gasteiger partial charge in [-0.15, -0.1) is 0 Å². The molecule has 0 spiro atoms. The first-order valence-corrected chi connectivity index (χ1v) is 14.2. The van der Waals surface area contributed by atoms with E-state index in [-0.39, 0.29) is 18.9 Å². The van der Waals surface area contributed by atoms with Gasteiger partial charge in [0.1, 0.15) is 6.61 Å². The number of ether oxygens (including phenoxy) is 1. The monoisotopic (exact) mass is 552 g/mol. The standard InChI is InChI=1S/C32H32N4O3S/c1-21(2)25-9-11-26(12-10-25)30-29(31(38)39-19-24-7-5-4-6-8-24)22(3)35-32-36(30)27(20-40-32)17-28(37)34-18-23-13-15-33-16-14-23/h4-16,20-21,30H,17-19H2,1-3H3,(H,34,37). The van der Waals surface area contributed by atoms with E-state index in [1.54, 1.807) is 12.4 Å². The van der Waals surface area contributed by atoms with Crippen LogP contribution in [-0.2, 0) is 27.5 Å². The fourth-order valence-electron chi connectivity index (χ4n) is 4.74. The molecule has 0 aliphatic carbocycles. The Bertz CT molecular complexity index is 1470. The number of thioether (sulfide) groups is 1. The van der Waals surface area contributed by atoms with Crippen LogP contribution in [0.15, 0.2) is 106 Å². The Morgan fingerprint density at radius 1 is 1.00 bits per heavy atom. The van der Waals surface area contributed by atoms with Crippen LogP contribution in [0.4, 0.5) is 0 Å². The van der Waals surface area contributed by atoms with Gasteiger partial charge in [-0.25, -0.2) is 9.79 Å². The summed E-state index contributed by atoms with van der Waals surface area (Å²) < 4.78 is 5.80. The zero-order valence-corrected chi connectivity index (χ0v) is 23.7. The quantitative estimate of drug-likeness (QED) is 0.317. The Balaban J connectivity index is 1.41. The van der Waals surface area contributed by atoms with E-state index in [9.17, 15) is 9.59 Å². The highest BCUT2D eigenvalue weighted by Crippen LogP contribution is 2.45. The summed E-state index contributed by atoms with van der Waals surface area (Å²) in [4.78, 5) is 37.4. The fraction of sp³-hybridized carbons (Fsp3) is 0.250. The van der Waals surface area contributed by atoms with E-state index in [1.807, 2.05) is 59.7 Å². The molecule has 0 fully saturated rings. The highest BCUT2D eigenvalue weighted by molar-refractivity contribution is 8.16. The van der Waals surface area contributed by atoms with Gasteiger partial charge >= 0.3 is 5.97 Å². The normalized spacial score (nSPS) is 16.4. The lowest BCUT2D eigenvalue weighted by molar-refractivity contribution is -0.141. The van der Waals surface area contributed by atoms with Crippen LogP contribution in [0.25, 0.3) is 0 Å². The second kappa shape index (κ2) is 12.3. The van der Waals surface area contributed by atoms with Gasteiger partial charge < -0.3 is 15.0 Å². The van der Waals surface area contributed by atoms with E-state index in [1.165, 1.54) is 17.3 Å². The van der Waals surface area contributed by atoms with Gasteiger partial charge in [0.05, 0.1) is 23.7 Å². The summed E-state index contributed by atoms with van der Waals surface area (Å²) in [7, 11) is 0. The largest absolute Gasteiger partial charge is 0.457 e. The minimum atomic E-state index is -0.466. The lowest BCUT2D eigenvalue weighted by atomic mass is 9.92. The third-order valence-corrected chi connectivity index (χ3v) is 7.82. The molecule has 3 heterocycles. The van der Waals surface area contributed by atoms with Crippen LogP contribution in [-0.4, -0.2) is 26.9 Å². The number of amides is 1. The predicted molar refractivity (Wildman–Crippen MR) is 158 cm³/mol. The molecule has 7 nitrogen and oxygen atoms in total. The zero-order valence-electron chi connectivity index (χ0n) is 22.8. The molecule has 3 aromatic rings. The summed E-state index contributed by atoms with van der Waals surface area (Å²) in [5.41, 5.74) is 5.92. The van der Waals surface area contributed by atoms with Gasteiger partial charge in [0, 0.05) is 24.6 Å². The molecule has 2 aliphatic heterocycles. The third-order valence-electron chi connectivity index (χ3n) is 6.93. The van der Waals surface area contributed by atoms with Crippen molar-refractivity contribution >= 4 is 28.8 Å². The molecule has 5 rings (SSSR count). The number of aromatic nitrogens is 1. The van der Waals surface area contributed by atoms with Gasteiger partial charge in [0.25, 0.3) is 0 Å². The Morgan fingerprint density at radius 2 is 1.73 bits per heavy atom. The van der Waals surface area contributed by atoms with E-state index in [4.69, 9.17) is 9.73 Å². The van der Waals surface area contributed by atoms with E-state index in [2.05, 4.69) is 48.4 Å². The maximum absolute atomic E-state index is 13.6. The molecule has 2 aliphatic rings. The highest BCUT2D eigenvalue weighted by atomic mass is 32.2. The first kappa shape index (κ1) is 27.4. The van der Waals surface area contributed by atoms with Gasteiger partial charge in [0.15, 0.2) is 5.17 Å². The Morgan fingerprint density at radius 3 is 2.42 bits per heavy atom. The second-order valence-corrected chi connectivity index (χ2v) is 10.9. The van der Waals surface area contributed by atoms with Crippen LogP contribution in [0.5, 0.6) is 0 Å². The van der Waals surface area contributed by atoms with Gasteiger partial charge in [0.2, 0.25) is 5.91 Å². The molecule has 1 N–H and O–H groups in total. The average Bonchev–Trinajstić information content (AvgIpc) is 3.36. The number of carbonyl (C=O) groups is 2. The van der Waals surface area contributed by atoms with Gasteiger partial charge in [-0.2, -0.15) is 0 Å². The number of amidine groups is 1. The number of aliphatic imine (C=N–C) groups is 1. The molecule has 204 valence electrons. The van der Waals surface area contributed by atoms with Crippen molar-refractivity contribution in [1.82, 2.24) is 15.2 Å². The molecule has 0 saturated carbocycles. The van der Waals surface area contributed by atoms with Crippen molar-refractivity contribution in [3.05, 3.63) is 124 Å². The van der Waals surface area contributed by atoms with Crippen LogP contribution < -0.4 is 5.32 Å².